The van der Waals surface area contributed by atoms with Crippen molar-refractivity contribution in [2.24, 2.45) is 5.92 Å². The average Bonchev–Trinajstić information content (AvgIpc) is 2.53. The third-order valence-corrected chi connectivity index (χ3v) is 4.95. The largest absolute Gasteiger partial charge is 0.326 e. The van der Waals surface area contributed by atoms with E-state index in [0.717, 1.165) is 10.6 Å². The summed E-state index contributed by atoms with van der Waals surface area (Å²) in [6, 6.07) is 13.4. The molecule has 132 valence electrons. The van der Waals surface area contributed by atoms with Gasteiger partial charge in [0.05, 0.1) is 5.75 Å². The van der Waals surface area contributed by atoms with E-state index in [0.29, 0.717) is 23.7 Å². The number of Topliss-reactive ketones (excluding diaryl/α,β-unsaturated/α-hetero) is 1. The minimum absolute atomic E-state index is 0.000483. The highest BCUT2D eigenvalue weighted by molar-refractivity contribution is 8.00. The first kappa shape index (κ1) is 19.3. The van der Waals surface area contributed by atoms with Gasteiger partial charge in [0.15, 0.2) is 5.78 Å². The van der Waals surface area contributed by atoms with Crippen LogP contribution < -0.4 is 5.32 Å². The standard InChI is InChI=1S/C21H25NO2S/c1-14(2)11-21(24)22-18-8-6-17(7-9-18)19(23)13-25-20-10-5-15(3)12-16(20)4/h5-10,12,14H,11,13H2,1-4H3,(H,22,24). The van der Waals surface area contributed by atoms with E-state index < -0.39 is 0 Å². The van der Waals surface area contributed by atoms with Gasteiger partial charge in [-0.15, -0.1) is 11.8 Å². The summed E-state index contributed by atoms with van der Waals surface area (Å²) in [4.78, 5) is 25.3. The lowest BCUT2D eigenvalue weighted by molar-refractivity contribution is -0.116. The van der Waals surface area contributed by atoms with E-state index in [1.54, 1.807) is 36.0 Å². The molecule has 0 atom stereocenters. The number of ketones is 1. The molecule has 0 saturated heterocycles. The van der Waals surface area contributed by atoms with Gasteiger partial charge in [0, 0.05) is 22.6 Å². The minimum Gasteiger partial charge on any atom is -0.326 e. The Hall–Kier alpha value is -2.07. The lowest BCUT2D eigenvalue weighted by atomic mass is 10.1. The molecule has 0 aliphatic heterocycles. The summed E-state index contributed by atoms with van der Waals surface area (Å²) < 4.78 is 0. The molecule has 1 N–H and O–H groups in total. The van der Waals surface area contributed by atoms with Crippen molar-refractivity contribution in [2.75, 3.05) is 11.1 Å². The summed E-state index contributed by atoms with van der Waals surface area (Å²) in [7, 11) is 0. The molecule has 1 amide bonds. The van der Waals surface area contributed by atoms with E-state index in [2.05, 4.69) is 37.4 Å². The van der Waals surface area contributed by atoms with Gasteiger partial charge < -0.3 is 5.32 Å². The van der Waals surface area contributed by atoms with Crippen LogP contribution in [0.3, 0.4) is 0 Å². The highest BCUT2D eigenvalue weighted by Crippen LogP contribution is 2.24. The molecule has 4 heteroatoms. The molecule has 0 radical (unpaired) electrons. The number of rotatable bonds is 7. The Morgan fingerprint density at radius 3 is 2.32 bits per heavy atom. The van der Waals surface area contributed by atoms with Gasteiger partial charge in [-0.1, -0.05) is 31.5 Å². The topological polar surface area (TPSA) is 46.2 Å². The van der Waals surface area contributed by atoms with Gasteiger partial charge in [-0.3, -0.25) is 9.59 Å². The summed E-state index contributed by atoms with van der Waals surface area (Å²) in [5, 5.41) is 2.85. The SMILES string of the molecule is Cc1ccc(SCC(=O)c2ccc(NC(=O)CC(C)C)cc2)c(C)c1. The number of carbonyl (C=O) groups is 2. The Balaban J connectivity index is 1.92. The van der Waals surface area contributed by atoms with Crippen LogP contribution in [0.15, 0.2) is 47.4 Å². The monoisotopic (exact) mass is 355 g/mol. The van der Waals surface area contributed by atoms with E-state index in [9.17, 15) is 9.59 Å². The van der Waals surface area contributed by atoms with E-state index in [1.807, 2.05) is 13.8 Å². The molecule has 2 rings (SSSR count). The number of benzene rings is 2. The number of carbonyl (C=O) groups excluding carboxylic acids is 2. The lowest BCUT2D eigenvalue weighted by Gasteiger charge is -2.08. The summed E-state index contributed by atoms with van der Waals surface area (Å²) in [5.41, 5.74) is 3.81. The average molecular weight is 356 g/mol. The zero-order valence-electron chi connectivity index (χ0n) is 15.3. The Morgan fingerprint density at radius 2 is 1.72 bits per heavy atom. The van der Waals surface area contributed by atoms with Crippen LogP contribution in [0.4, 0.5) is 5.69 Å². The third-order valence-electron chi connectivity index (χ3n) is 3.77. The summed E-state index contributed by atoms with van der Waals surface area (Å²) in [6.07, 6.45) is 0.493. The van der Waals surface area contributed by atoms with Gasteiger partial charge in [-0.05, 0) is 55.7 Å². The summed E-state index contributed by atoms with van der Waals surface area (Å²) >= 11 is 1.56. The quantitative estimate of drug-likeness (QED) is 0.544. The van der Waals surface area contributed by atoms with Crippen LogP contribution in [0.25, 0.3) is 0 Å². The number of aryl methyl sites for hydroxylation is 2. The molecule has 25 heavy (non-hydrogen) atoms. The molecule has 0 aliphatic carbocycles. The van der Waals surface area contributed by atoms with Gasteiger partial charge in [-0.2, -0.15) is 0 Å². The molecule has 3 nitrogen and oxygen atoms in total. The molecule has 2 aromatic carbocycles. The smallest absolute Gasteiger partial charge is 0.224 e. The second-order valence-electron chi connectivity index (χ2n) is 6.70. The fraction of sp³-hybridized carbons (Fsp3) is 0.333. The molecule has 0 fully saturated rings. The van der Waals surface area contributed by atoms with Crippen molar-refractivity contribution in [1.82, 2.24) is 0 Å². The maximum atomic E-state index is 12.4. The molecule has 0 spiro atoms. The zero-order valence-corrected chi connectivity index (χ0v) is 16.1. The number of nitrogens with one attached hydrogen (secondary N) is 1. The van der Waals surface area contributed by atoms with Crippen LogP contribution >= 0.6 is 11.8 Å². The van der Waals surface area contributed by atoms with Gasteiger partial charge in [0.2, 0.25) is 5.91 Å². The number of hydrogen-bond donors (Lipinski definition) is 1. The number of amides is 1. The van der Waals surface area contributed by atoms with E-state index in [-0.39, 0.29) is 11.7 Å². The first-order valence-electron chi connectivity index (χ1n) is 8.48. The van der Waals surface area contributed by atoms with Crippen LogP contribution in [0.1, 0.15) is 41.8 Å². The molecular weight excluding hydrogens is 330 g/mol. The van der Waals surface area contributed by atoms with E-state index in [1.165, 1.54) is 11.1 Å². The molecule has 0 aliphatic rings. The second kappa shape index (κ2) is 8.86. The van der Waals surface area contributed by atoms with Gasteiger partial charge in [0.25, 0.3) is 0 Å². The molecule has 0 saturated carbocycles. The van der Waals surface area contributed by atoms with Crippen LogP contribution in [0.5, 0.6) is 0 Å². The first-order chi connectivity index (χ1) is 11.8. The predicted octanol–water partition coefficient (Wildman–Crippen LogP) is 5.26. The van der Waals surface area contributed by atoms with Crippen LogP contribution in [0.2, 0.25) is 0 Å². The Bertz CT molecular complexity index is 751. The molecule has 0 heterocycles. The normalized spacial score (nSPS) is 10.8. The van der Waals surface area contributed by atoms with Crippen molar-refractivity contribution in [2.45, 2.75) is 39.0 Å². The predicted molar refractivity (Wildman–Crippen MR) is 105 cm³/mol. The number of thioether (sulfide) groups is 1. The van der Waals surface area contributed by atoms with Crippen molar-refractivity contribution in [3.8, 4) is 0 Å². The number of anilines is 1. The molecular formula is C21H25NO2S. The maximum Gasteiger partial charge on any atom is 0.224 e. The molecule has 2 aromatic rings. The Kier molecular flexibility index (Phi) is 6.82. The highest BCUT2D eigenvalue weighted by Gasteiger charge is 2.09. The van der Waals surface area contributed by atoms with E-state index >= 15 is 0 Å². The summed E-state index contributed by atoms with van der Waals surface area (Å²) in [6.45, 7) is 8.14. The number of hydrogen-bond acceptors (Lipinski definition) is 3. The molecule has 0 aromatic heterocycles. The van der Waals surface area contributed by atoms with Gasteiger partial charge in [0.1, 0.15) is 0 Å². The van der Waals surface area contributed by atoms with Crippen LogP contribution in [-0.2, 0) is 4.79 Å². The van der Waals surface area contributed by atoms with Crippen molar-refractivity contribution in [3.05, 3.63) is 59.2 Å². The van der Waals surface area contributed by atoms with Crippen molar-refractivity contribution < 1.29 is 9.59 Å². The fourth-order valence-electron chi connectivity index (χ4n) is 2.51. The molecule has 0 bridgehead atoms. The van der Waals surface area contributed by atoms with Crippen molar-refractivity contribution in [3.63, 3.8) is 0 Å². The fourth-order valence-corrected chi connectivity index (χ4v) is 3.41. The zero-order chi connectivity index (χ0) is 18.4. The Labute approximate surface area is 154 Å². The third kappa shape index (κ3) is 6.05. The van der Waals surface area contributed by atoms with Crippen LogP contribution in [-0.4, -0.2) is 17.4 Å². The highest BCUT2D eigenvalue weighted by atomic mass is 32.2. The Morgan fingerprint density at radius 1 is 1.04 bits per heavy atom. The lowest BCUT2D eigenvalue weighted by Crippen LogP contribution is -2.14. The second-order valence-corrected chi connectivity index (χ2v) is 7.72. The maximum absolute atomic E-state index is 12.4. The first-order valence-corrected chi connectivity index (χ1v) is 9.47. The van der Waals surface area contributed by atoms with Gasteiger partial charge >= 0.3 is 0 Å². The van der Waals surface area contributed by atoms with Crippen molar-refractivity contribution in [1.29, 1.82) is 0 Å². The minimum atomic E-state index is -0.000483. The van der Waals surface area contributed by atoms with E-state index in [4.69, 9.17) is 0 Å². The molecule has 0 unspecified atom stereocenters. The van der Waals surface area contributed by atoms with Crippen molar-refractivity contribution >= 4 is 29.1 Å². The van der Waals surface area contributed by atoms with Crippen LogP contribution in [0, 0.1) is 19.8 Å². The van der Waals surface area contributed by atoms with Gasteiger partial charge in [-0.25, -0.2) is 0 Å². The summed E-state index contributed by atoms with van der Waals surface area (Å²) in [5.74, 6) is 0.816.